The summed E-state index contributed by atoms with van der Waals surface area (Å²) in [6.45, 7) is 0.216. The molecule has 0 atom stereocenters. The van der Waals surface area contributed by atoms with Crippen LogP contribution in [-0.2, 0) is 25.7 Å². The van der Waals surface area contributed by atoms with Crippen LogP contribution in [0.2, 0.25) is 0 Å². The average molecular weight is 513 g/mol. The van der Waals surface area contributed by atoms with E-state index in [0.717, 1.165) is 65.6 Å². The van der Waals surface area contributed by atoms with Crippen molar-refractivity contribution in [3.05, 3.63) is 101 Å². The summed E-state index contributed by atoms with van der Waals surface area (Å²) in [6.07, 6.45) is 3.44. The van der Waals surface area contributed by atoms with E-state index in [-0.39, 0.29) is 6.79 Å². The lowest BCUT2D eigenvalue weighted by Gasteiger charge is -2.12. The van der Waals surface area contributed by atoms with E-state index >= 15 is 0 Å². The molecule has 1 aliphatic rings. The summed E-state index contributed by atoms with van der Waals surface area (Å²) >= 11 is 0. The van der Waals surface area contributed by atoms with Gasteiger partial charge in [-0.2, -0.15) is 0 Å². The van der Waals surface area contributed by atoms with Crippen LogP contribution >= 0.6 is 0 Å². The molecule has 6 heteroatoms. The predicted molar refractivity (Wildman–Crippen MR) is 146 cm³/mol. The lowest BCUT2D eigenvalue weighted by atomic mass is 10.0. The van der Waals surface area contributed by atoms with Crippen LogP contribution in [0.4, 0.5) is 0 Å². The van der Waals surface area contributed by atoms with Gasteiger partial charge in [0.1, 0.15) is 23.0 Å². The van der Waals surface area contributed by atoms with E-state index in [2.05, 4.69) is 30.3 Å². The third-order valence-electron chi connectivity index (χ3n) is 6.57. The van der Waals surface area contributed by atoms with Crippen LogP contribution < -0.4 is 28.4 Å². The Balaban J connectivity index is 1.26. The highest BCUT2D eigenvalue weighted by atomic mass is 16.7. The van der Waals surface area contributed by atoms with Crippen molar-refractivity contribution in [3.8, 4) is 40.2 Å². The van der Waals surface area contributed by atoms with Crippen molar-refractivity contribution in [2.75, 3.05) is 28.1 Å². The van der Waals surface area contributed by atoms with Crippen LogP contribution in [0.5, 0.6) is 40.2 Å². The SMILES string of the molecule is COc1cccc(CCc2cccc(Oc3cc(CCc4cc(OC)c5c(c4)OCO5)cc(OC)c3)c2)c1. The molecule has 0 fully saturated rings. The largest absolute Gasteiger partial charge is 0.497 e. The number of hydrogen-bond acceptors (Lipinski definition) is 6. The summed E-state index contributed by atoms with van der Waals surface area (Å²) in [5.41, 5.74) is 4.68. The smallest absolute Gasteiger partial charge is 0.231 e. The molecule has 5 rings (SSSR count). The molecule has 0 amide bonds. The molecule has 0 saturated heterocycles. The first-order chi connectivity index (χ1) is 18.6. The topological polar surface area (TPSA) is 55.4 Å². The summed E-state index contributed by atoms with van der Waals surface area (Å²) in [7, 11) is 5.00. The second-order valence-electron chi connectivity index (χ2n) is 9.15. The Bertz CT molecular complexity index is 1400. The average Bonchev–Trinajstić information content (AvgIpc) is 3.43. The summed E-state index contributed by atoms with van der Waals surface area (Å²) < 4.78 is 33.8. The number of hydrogen-bond donors (Lipinski definition) is 0. The van der Waals surface area contributed by atoms with Gasteiger partial charge in [0, 0.05) is 6.07 Å². The maximum absolute atomic E-state index is 6.28. The zero-order valence-corrected chi connectivity index (χ0v) is 22.0. The number of rotatable bonds is 11. The molecule has 0 bridgehead atoms. The van der Waals surface area contributed by atoms with Gasteiger partial charge in [-0.25, -0.2) is 0 Å². The Morgan fingerprint density at radius 1 is 0.553 bits per heavy atom. The number of methoxy groups -OCH3 is 3. The molecule has 4 aromatic rings. The zero-order valence-electron chi connectivity index (χ0n) is 22.0. The van der Waals surface area contributed by atoms with Gasteiger partial charge in [0.2, 0.25) is 12.5 Å². The monoisotopic (exact) mass is 512 g/mol. The summed E-state index contributed by atoms with van der Waals surface area (Å²) in [6, 6.07) is 26.5. The van der Waals surface area contributed by atoms with E-state index < -0.39 is 0 Å². The molecular weight excluding hydrogens is 480 g/mol. The fourth-order valence-electron chi connectivity index (χ4n) is 4.59. The lowest BCUT2D eigenvalue weighted by Crippen LogP contribution is -1.96. The van der Waals surface area contributed by atoms with Crippen LogP contribution in [-0.4, -0.2) is 28.1 Å². The molecule has 0 spiro atoms. The zero-order chi connectivity index (χ0) is 26.3. The van der Waals surface area contributed by atoms with E-state index in [4.69, 9.17) is 28.4 Å². The first kappa shape index (κ1) is 25.3. The van der Waals surface area contributed by atoms with Gasteiger partial charge < -0.3 is 28.4 Å². The minimum absolute atomic E-state index is 0.216. The molecule has 0 saturated carbocycles. The third-order valence-corrected chi connectivity index (χ3v) is 6.57. The van der Waals surface area contributed by atoms with Gasteiger partial charge in [-0.15, -0.1) is 0 Å². The van der Waals surface area contributed by atoms with Gasteiger partial charge in [-0.1, -0.05) is 24.3 Å². The van der Waals surface area contributed by atoms with Crippen molar-refractivity contribution in [1.29, 1.82) is 0 Å². The molecule has 0 aromatic heterocycles. The van der Waals surface area contributed by atoms with Crippen molar-refractivity contribution in [1.82, 2.24) is 0 Å². The maximum Gasteiger partial charge on any atom is 0.231 e. The first-order valence-corrected chi connectivity index (χ1v) is 12.7. The summed E-state index contributed by atoms with van der Waals surface area (Å²) in [4.78, 5) is 0. The van der Waals surface area contributed by atoms with E-state index in [1.54, 1.807) is 21.3 Å². The highest BCUT2D eigenvalue weighted by Gasteiger charge is 2.20. The Hall–Kier alpha value is -4.32. The van der Waals surface area contributed by atoms with Crippen LogP contribution in [0.3, 0.4) is 0 Å². The molecule has 1 heterocycles. The summed E-state index contributed by atoms with van der Waals surface area (Å²) in [5.74, 6) is 5.26. The molecule has 0 unspecified atom stereocenters. The molecule has 0 aliphatic carbocycles. The van der Waals surface area contributed by atoms with Gasteiger partial charge in [0.05, 0.1) is 21.3 Å². The fraction of sp³-hybridized carbons (Fsp3) is 0.250. The highest BCUT2D eigenvalue weighted by molar-refractivity contribution is 5.55. The maximum atomic E-state index is 6.28. The predicted octanol–water partition coefficient (Wildman–Crippen LogP) is 6.80. The molecule has 6 nitrogen and oxygen atoms in total. The molecular formula is C32H32O6. The van der Waals surface area contributed by atoms with Crippen LogP contribution in [0.25, 0.3) is 0 Å². The third kappa shape index (κ3) is 6.14. The normalized spacial score (nSPS) is 11.8. The van der Waals surface area contributed by atoms with Gasteiger partial charge in [-0.3, -0.25) is 0 Å². The standard InChI is InChI=1S/C32H32O6/c1-33-26-8-4-6-22(14-26)10-11-23-7-5-9-27(15-23)38-29-17-24(16-28(20-29)34-2)12-13-25-18-30(35-3)32-31(19-25)36-21-37-32/h4-9,14-20H,10-13,21H2,1-3H3. The second-order valence-corrected chi connectivity index (χ2v) is 9.15. The molecule has 4 aromatic carbocycles. The van der Waals surface area contributed by atoms with Crippen molar-refractivity contribution in [2.45, 2.75) is 25.7 Å². The van der Waals surface area contributed by atoms with E-state index in [1.165, 1.54) is 11.1 Å². The first-order valence-electron chi connectivity index (χ1n) is 12.7. The Morgan fingerprint density at radius 2 is 1.16 bits per heavy atom. The minimum Gasteiger partial charge on any atom is -0.497 e. The van der Waals surface area contributed by atoms with Gasteiger partial charge in [0.25, 0.3) is 0 Å². The molecule has 0 N–H and O–H groups in total. The Kier molecular flexibility index (Phi) is 7.88. The molecule has 196 valence electrons. The van der Waals surface area contributed by atoms with Crippen LogP contribution in [0, 0.1) is 0 Å². The number of benzene rings is 4. The minimum atomic E-state index is 0.216. The van der Waals surface area contributed by atoms with Crippen LogP contribution in [0.15, 0.2) is 78.9 Å². The van der Waals surface area contributed by atoms with E-state index in [1.807, 2.05) is 48.5 Å². The molecule has 1 aliphatic heterocycles. The Morgan fingerprint density at radius 3 is 1.87 bits per heavy atom. The molecule has 38 heavy (non-hydrogen) atoms. The van der Waals surface area contributed by atoms with Crippen LogP contribution in [0.1, 0.15) is 22.3 Å². The van der Waals surface area contributed by atoms with E-state index in [0.29, 0.717) is 11.5 Å². The van der Waals surface area contributed by atoms with E-state index in [9.17, 15) is 0 Å². The lowest BCUT2D eigenvalue weighted by molar-refractivity contribution is 0.171. The quantitative estimate of drug-likeness (QED) is 0.220. The van der Waals surface area contributed by atoms with Gasteiger partial charge >= 0.3 is 0 Å². The van der Waals surface area contributed by atoms with Crippen molar-refractivity contribution in [3.63, 3.8) is 0 Å². The second kappa shape index (κ2) is 11.8. The molecule has 0 radical (unpaired) electrons. The highest BCUT2D eigenvalue weighted by Crippen LogP contribution is 2.42. The number of fused-ring (bicyclic) bond motifs is 1. The van der Waals surface area contributed by atoms with Crippen molar-refractivity contribution >= 4 is 0 Å². The van der Waals surface area contributed by atoms with Crippen molar-refractivity contribution < 1.29 is 28.4 Å². The number of aryl methyl sites for hydroxylation is 4. The fourth-order valence-corrected chi connectivity index (χ4v) is 4.59. The van der Waals surface area contributed by atoms with Gasteiger partial charge in [0.15, 0.2) is 11.5 Å². The Labute approximate surface area is 223 Å². The number of ether oxygens (including phenoxy) is 6. The summed E-state index contributed by atoms with van der Waals surface area (Å²) in [5, 5.41) is 0. The van der Waals surface area contributed by atoms with Gasteiger partial charge in [-0.05, 0) is 96.5 Å². The van der Waals surface area contributed by atoms with Crippen molar-refractivity contribution in [2.24, 2.45) is 0 Å².